The zero-order valence-electron chi connectivity index (χ0n) is 7.12. The molecule has 0 bridgehead atoms. The van der Waals surface area contributed by atoms with E-state index < -0.39 is 22.4 Å². The van der Waals surface area contributed by atoms with Gasteiger partial charge in [0.25, 0.3) is 5.24 Å². The summed E-state index contributed by atoms with van der Waals surface area (Å²) in [6.45, 7) is 2.90. The van der Waals surface area contributed by atoms with Crippen LogP contribution in [-0.2, 0) is 0 Å². The number of carbonyl (C=O) groups excluding carboxylic acids is 1. The highest BCUT2D eigenvalue weighted by Crippen LogP contribution is 2.21. The van der Waals surface area contributed by atoms with Crippen molar-refractivity contribution in [2.45, 2.75) is 13.8 Å². The summed E-state index contributed by atoms with van der Waals surface area (Å²) in [4.78, 5) is 10.7. The lowest BCUT2D eigenvalue weighted by Crippen LogP contribution is -2.03. The lowest BCUT2D eigenvalue weighted by Gasteiger charge is -2.05. The molecule has 0 aliphatic rings. The minimum absolute atomic E-state index is 0.211. The Morgan fingerprint density at radius 3 is 1.92 bits per heavy atom. The van der Waals surface area contributed by atoms with Crippen LogP contribution in [0.1, 0.15) is 21.5 Å². The number of rotatable bonds is 1. The van der Waals surface area contributed by atoms with Gasteiger partial charge in [0.2, 0.25) is 0 Å². The van der Waals surface area contributed by atoms with Gasteiger partial charge in [0, 0.05) is 0 Å². The van der Waals surface area contributed by atoms with Crippen molar-refractivity contribution in [1.29, 1.82) is 0 Å². The van der Waals surface area contributed by atoms with Crippen molar-refractivity contribution in [3.63, 3.8) is 0 Å². The summed E-state index contributed by atoms with van der Waals surface area (Å²) >= 11 is 5.04. The van der Waals surface area contributed by atoms with Crippen molar-refractivity contribution in [2.75, 3.05) is 0 Å². The average molecular weight is 205 g/mol. The summed E-state index contributed by atoms with van der Waals surface area (Å²) in [7, 11) is 0. The van der Waals surface area contributed by atoms with Gasteiger partial charge in [-0.1, -0.05) is 6.07 Å². The van der Waals surface area contributed by atoms with Crippen LogP contribution >= 0.6 is 11.6 Å². The minimum atomic E-state index is -1.11. The molecular formula is C9H7ClF2O. The fourth-order valence-corrected chi connectivity index (χ4v) is 1.28. The van der Waals surface area contributed by atoms with Gasteiger partial charge in [-0.05, 0) is 36.6 Å². The smallest absolute Gasteiger partial charge is 0.258 e. The largest absolute Gasteiger partial charge is 0.275 e. The molecule has 0 unspecified atom stereocenters. The Hall–Kier alpha value is -0.960. The van der Waals surface area contributed by atoms with Gasteiger partial charge in [-0.25, -0.2) is 8.78 Å². The number of halogens is 3. The first-order valence-corrected chi connectivity index (χ1v) is 3.98. The quantitative estimate of drug-likeness (QED) is 0.643. The molecule has 1 nitrogen and oxygen atoms in total. The predicted molar refractivity (Wildman–Crippen MR) is 46.0 cm³/mol. The van der Waals surface area contributed by atoms with Crippen LogP contribution in [0.2, 0.25) is 0 Å². The lowest BCUT2D eigenvalue weighted by atomic mass is 10.1. The number of hydrogen-bond donors (Lipinski definition) is 0. The van der Waals surface area contributed by atoms with E-state index in [1.807, 2.05) is 0 Å². The topological polar surface area (TPSA) is 17.1 Å². The Bertz CT molecular complexity index is 348. The van der Waals surface area contributed by atoms with Crippen LogP contribution in [0, 0.1) is 25.5 Å². The zero-order valence-corrected chi connectivity index (χ0v) is 7.88. The molecule has 0 heterocycles. The van der Waals surface area contributed by atoms with E-state index in [9.17, 15) is 13.6 Å². The van der Waals surface area contributed by atoms with Gasteiger partial charge in [0.1, 0.15) is 17.2 Å². The van der Waals surface area contributed by atoms with E-state index in [4.69, 9.17) is 11.6 Å². The summed E-state index contributed by atoms with van der Waals surface area (Å²) in [5, 5.41) is -1.11. The van der Waals surface area contributed by atoms with Crippen molar-refractivity contribution >= 4 is 16.8 Å². The molecule has 70 valence electrons. The second-order valence-corrected chi connectivity index (χ2v) is 3.13. The van der Waals surface area contributed by atoms with Crippen LogP contribution in [0.3, 0.4) is 0 Å². The summed E-state index contributed by atoms with van der Waals surface area (Å²) in [5.41, 5.74) is -0.245. The summed E-state index contributed by atoms with van der Waals surface area (Å²) in [6, 6.07) is 1.33. The number of carbonyl (C=O) groups is 1. The third-order valence-corrected chi connectivity index (χ3v) is 1.95. The standard InChI is InChI=1S/C9H7ClF2O/c1-4-3-5(2)8(12)6(7(4)11)9(10)13/h3H,1-2H3. The van der Waals surface area contributed by atoms with Gasteiger partial charge < -0.3 is 0 Å². The molecule has 0 fully saturated rings. The predicted octanol–water partition coefficient (Wildman–Crippen LogP) is 2.96. The van der Waals surface area contributed by atoms with E-state index in [0.29, 0.717) is 0 Å². The van der Waals surface area contributed by atoms with E-state index in [0.717, 1.165) is 0 Å². The molecule has 1 rings (SSSR count). The molecule has 1 aromatic carbocycles. The Balaban J connectivity index is 3.56. The van der Waals surface area contributed by atoms with Gasteiger partial charge in [0.15, 0.2) is 0 Å². The van der Waals surface area contributed by atoms with Crippen LogP contribution in [0.25, 0.3) is 0 Å². The summed E-state index contributed by atoms with van der Waals surface area (Å²) in [5.74, 6) is -1.77. The molecule has 0 saturated heterocycles. The SMILES string of the molecule is Cc1cc(C)c(F)c(C(=O)Cl)c1F. The third kappa shape index (κ3) is 1.70. The summed E-state index contributed by atoms with van der Waals surface area (Å²) in [6.07, 6.45) is 0. The van der Waals surface area contributed by atoms with Gasteiger partial charge >= 0.3 is 0 Å². The molecular weight excluding hydrogens is 198 g/mol. The molecule has 1 aromatic rings. The third-order valence-electron chi connectivity index (χ3n) is 1.76. The molecule has 0 atom stereocenters. The molecule has 4 heteroatoms. The van der Waals surface area contributed by atoms with E-state index in [2.05, 4.69) is 0 Å². The molecule has 0 aliphatic carbocycles. The molecule has 0 aromatic heterocycles. The highest BCUT2D eigenvalue weighted by Gasteiger charge is 2.19. The minimum Gasteiger partial charge on any atom is -0.275 e. The van der Waals surface area contributed by atoms with Crippen LogP contribution in [0.5, 0.6) is 0 Å². The van der Waals surface area contributed by atoms with Gasteiger partial charge in [-0.3, -0.25) is 4.79 Å². The van der Waals surface area contributed by atoms with Crippen molar-refractivity contribution < 1.29 is 13.6 Å². The van der Waals surface area contributed by atoms with Crippen molar-refractivity contribution in [3.8, 4) is 0 Å². The molecule has 13 heavy (non-hydrogen) atoms. The number of benzene rings is 1. The Morgan fingerprint density at radius 1 is 1.23 bits per heavy atom. The highest BCUT2D eigenvalue weighted by molar-refractivity contribution is 6.67. The normalized spacial score (nSPS) is 10.2. The first-order chi connectivity index (χ1) is 5.95. The first-order valence-electron chi connectivity index (χ1n) is 3.60. The van der Waals surface area contributed by atoms with Crippen molar-refractivity contribution in [3.05, 3.63) is 34.4 Å². The Morgan fingerprint density at radius 2 is 1.62 bits per heavy atom. The lowest BCUT2D eigenvalue weighted by molar-refractivity contribution is 0.107. The average Bonchev–Trinajstić information content (AvgIpc) is 2.01. The Kier molecular flexibility index (Phi) is 2.66. The molecule has 0 saturated carbocycles. The van der Waals surface area contributed by atoms with Crippen molar-refractivity contribution in [1.82, 2.24) is 0 Å². The number of hydrogen-bond acceptors (Lipinski definition) is 1. The van der Waals surface area contributed by atoms with Crippen LogP contribution in [0.4, 0.5) is 8.78 Å². The van der Waals surface area contributed by atoms with Gasteiger partial charge in [-0.2, -0.15) is 0 Å². The second kappa shape index (κ2) is 3.42. The molecule has 0 radical (unpaired) electrons. The van der Waals surface area contributed by atoms with Crippen LogP contribution in [0.15, 0.2) is 6.07 Å². The van der Waals surface area contributed by atoms with Gasteiger partial charge in [0.05, 0.1) is 0 Å². The molecule has 0 spiro atoms. The molecule has 0 amide bonds. The molecule has 0 aliphatic heterocycles. The first kappa shape index (κ1) is 10.1. The Labute approximate surface area is 79.3 Å². The van der Waals surface area contributed by atoms with Crippen LogP contribution < -0.4 is 0 Å². The number of aryl methyl sites for hydroxylation is 2. The van der Waals surface area contributed by atoms with E-state index >= 15 is 0 Å². The summed E-state index contributed by atoms with van der Waals surface area (Å²) < 4.78 is 26.3. The van der Waals surface area contributed by atoms with Crippen LogP contribution in [-0.4, -0.2) is 5.24 Å². The molecule has 0 N–H and O–H groups in total. The van der Waals surface area contributed by atoms with E-state index in [-0.39, 0.29) is 11.1 Å². The second-order valence-electron chi connectivity index (χ2n) is 2.79. The fourth-order valence-electron chi connectivity index (χ4n) is 1.11. The maximum Gasteiger partial charge on any atom is 0.258 e. The maximum atomic E-state index is 13.1. The van der Waals surface area contributed by atoms with E-state index in [1.54, 1.807) is 0 Å². The van der Waals surface area contributed by atoms with E-state index in [1.165, 1.54) is 19.9 Å². The fraction of sp³-hybridized carbons (Fsp3) is 0.222. The maximum absolute atomic E-state index is 13.1. The zero-order chi connectivity index (χ0) is 10.2. The van der Waals surface area contributed by atoms with Crippen molar-refractivity contribution in [2.24, 2.45) is 0 Å². The monoisotopic (exact) mass is 204 g/mol. The highest BCUT2D eigenvalue weighted by atomic mass is 35.5. The van der Waals surface area contributed by atoms with Gasteiger partial charge in [-0.15, -0.1) is 0 Å².